The molecule has 11 heavy (non-hydrogen) atoms. The van der Waals surface area contributed by atoms with E-state index in [1.165, 1.54) is 18.7 Å². The predicted molar refractivity (Wildman–Crippen MR) is 35.9 cm³/mol. The van der Waals surface area contributed by atoms with Crippen LogP contribution in [0.3, 0.4) is 0 Å². The van der Waals surface area contributed by atoms with Crippen LogP contribution in [-0.2, 0) is 0 Å². The van der Waals surface area contributed by atoms with Gasteiger partial charge in [-0.15, -0.1) is 10.2 Å². The lowest BCUT2D eigenvalue weighted by molar-refractivity contribution is 0.585. The van der Waals surface area contributed by atoms with Crippen LogP contribution in [0.4, 0.5) is 0 Å². The van der Waals surface area contributed by atoms with Gasteiger partial charge in [0.25, 0.3) is 5.71 Å². The maximum absolute atomic E-state index is 11.0. The molecule has 5 nitrogen and oxygen atoms in total. The second-order valence-corrected chi connectivity index (χ2v) is 1.90. The first kappa shape index (κ1) is 5.96. The number of rotatable bonds is 0. The number of nitrogens with zero attached hydrogens (tertiary/aromatic N) is 3. The molecule has 0 radical (unpaired) electrons. The van der Waals surface area contributed by atoms with E-state index in [0.717, 1.165) is 0 Å². The Labute approximate surface area is 60.7 Å². The number of fused-ring (bicyclic) bond motifs is 1. The Balaban J connectivity index is 3.03. The van der Waals surface area contributed by atoms with Crippen molar-refractivity contribution in [3.63, 3.8) is 0 Å². The maximum Gasteiger partial charge on any atom is 0.252 e. The molecule has 0 bridgehead atoms. The molecule has 0 fully saturated rings. The number of hydrogen-bond acceptors (Lipinski definition) is 5. The summed E-state index contributed by atoms with van der Waals surface area (Å²) in [4.78, 5) is 14.7. The first-order valence-corrected chi connectivity index (χ1v) is 2.93. The molecule has 5 heteroatoms. The number of hydrogen-bond donors (Lipinski definition) is 0. The summed E-state index contributed by atoms with van der Waals surface area (Å²) in [5, 5.41) is 7.01. The molecule has 2 aromatic heterocycles. The lowest BCUT2D eigenvalue weighted by Gasteiger charge is -1.88. The van der Waals surface area contributed by atoms with E-state index in [4.69, 9.17) is 4.42 Å². The van der Waals surface area contributed by atoms with Gasteiger partial charge < -0.3 is 4.42 Å². The largest absolute Gasteiger partial charge is 0.445 e. The van der Waals surface area contributed by atoms with Gasteiger partial charge in [-0.25, -0.2) is 0 Å². The van der Waals surface area contributed by atoms with E-state index in [2.05, 4.69) is 15.2 Å². The van der Waals surface area contributed by atoms with Crippen LogP contribution in [0.5, 0.6) is 0 Å². The summed E-state index contributed by atoms with van der Waals surface area (Å²) in [6.07, 6.45) is 2.50. The summed E-state index contributed by atoms with van der Waals surface area (Å²) < 4.78 is 4.88. The fourth-order valence-corrected chi connectivity index (χ4v) is 0.746. The zero-order valence-corrected chi connectivity index (χ0v) is 5.39. The third-order valence-electron chi connectivity index (χ3n) is 1.22. The summed E-state index contributed by atoms with van der Waals surface area (Å²) in [5.41, 5.74) is 0.148. The molecule has 2 rings (SSSR count). The van der Waals surface area contributed by atoms with E-state index in [0.29, 0.717) is 0 Å². The standard InChI is InChI=1S/C6H3N3O2/c10-4-1-2-11-6-5(4)9-8-3-7-6/h1-3H. The first-order valence-electron chi connectivity index (χ1n) is 2.93. The molecule has 0 amide bonds. The molecular formula is C6H3N3O2. The lowest BCUT2D eigenvalue weighted by Crippen LogP contribution is -2.02. The highest BCUT2D eigenvalue weighted by Crippen LogP contribution is 1.97. The molecule has 0 saturated carbocycles. The van der Waals surface area contributed by atoms with Crippen molar-refractivity contribution in [2.24, 2.45) is 0 Å². The highest BCUT2D eigenvalue weighted by atomic mass is 16.3. The summed E-state index contributed by atoms with van der Waals surface area (Å²) in [6.45, 7) is 0. The molecule has 0 atom stereocenters. The normalized spacial score (nSPS) is 10.2. The average Bonchev–Trinajstić information content (AvgIpc) is 2.06. The second-order valence-electron chi connectivity index (χ2n) is 1.90. The van der Waals surface area contributed by atoms with Crippen LogP contribution in [0.25, 0.3) is 11.2 Å². The van der Waals surface area contributed by atoms with E-state index < -0.39 is 0 Å². The van der Waals surface area contributed by atoms with Gasteiger partial charge in [0.05, 0.1) is 6.26 Å². The van der Waals surface area contributed by atoms with Crippen LogP contribution in [0.2, 0.25) is 0 Å². The van der Waals surface area contributed by atoms with Gasteiger partial charge in [0.15, 0.2) is 5.52 Å². The van der Waals surface area contributed by atoms with Crippen LogP contribution >= 0.6 is 0 Å². The molecule has 0 saturated heterocycles. The van der Waals surface area contributed by atoms with Crippen LogP contribution < -0.4 is 5.43 Å². The third kappa shape index (κ3) is 0.861. The second kappa shape index (κ2) is 2.12. The monoisotopic (exact) mass is 149 g/mol. The summed E-state index contributed by atoms with van der Waals surface area (Å²) in [5.74, 6) is 0. The first-order chi connectivity index (χ1) is 5.38. The minimum absolute atomic E-state index is 0.162. The molecule has 2 aromatic rings. The molecule has 0 aromatic carbocycles. The van der Waals surface area contributed by atoms with Gasteiger partial charge >= 0.3 is 0 Å². The molecule has 2 heterocycles. The fraction of sp³-hybridized carbons (Fsp3) is 0. The molecular weight excluding hydrogens is 146 g/mol. The quantitative estimate of drug-likeness (QED) is 0.526. The van der Waals surface area contributed by atoms with E-state index >= 15 is 0 Å². The van der Waals surface area contributed by atoms with Crippen LogP contribution in [-0.4, -0.2) is 15.2 Å². The Hall–Kier alpha value is -1.78. The van der Waals surface area contributed by atoms with Gasteiger partial charge in [-0.2, -0.15) is 4.98 Å². The van der Waals surface area contributed by atoms with Crippen molar-refractivity contribution in [1.29, 1.82) is 0 Å². The molecule has 0 N–H and O–H groups in total. The van der Waals surface area contributed by atoms with Crippen molar-refractivity contribution in [2.75, 3.05) is 0 Å². The summed E-state index contributed by atoms with van der Waals surface area (Å²) in [7, 11) is 0. The summed E-state index contributed by atoms with van der Waals surface area (Å²) >= 11 is 0. The van der Waals surface area contributed by atoms with E-state index in [-0.39, 0.29) is 16.7 Å². The third-order valence-corrected chi connectivity index (χ3v) is 1.22. The summed E-state index contributed by atoms with van der Waals surface area (Å²) in [6, 6.07) is 1.28. The van der Waals surface area contributed by atoms with Gasteiger partial charge in [-0.05, 0) is 0 Å². The topological polar surface area (TPSA) is 68.9 Å². The Bertz CT molecular complexity index is 432. The smallest absolute Gasteiger partial charge is 0.252 e. The van der Waals surface area contributed by atoms with Gasteiger partial charge in [-0.1, -0.05) is 0 Å². The Morgan fingerprint density at radius 3 is 3.18 bits per heavy atom. The minimum atomic E-state index is -0.230. The van der Waals surface area contributed by atoms with E-state index in [1.807, 2.05) is 0 Å². The highest BCUT2D eigenvalue weighted by molar-refractivity contribution is 5.64. The van der Waals surface area contributed by atoms with Gasteiger partial charge in [0, 0.05) is 6.07 Å². The number of aromatic nitrogens is 3. The molecule has 0 spiro atoms. The van der Waals surface area contributed by atoms with Crippen LogP contribution in [0.15, 0.2) is 27.9 Å². The van der Waals surface area contributed by atoms with Crippen molar-refractivity contribution >= 4 is 11.2 Å². The zero-order chi connectivity index (χ0) is 7.68. The van der Waals surface area contributed by atoms with Crippen molar-refractivity contribution < 1.29 is 4.42 Å². The maximum atomic E-state index is 11.0. The predicted octanol–water partition coefficient (Wildman–Crippen LogP) is -0.0220. The zero-order valence-electron chi connectivity index (χ0n) is 5.39. The fourth-order valence-electron chi connectivity index (χ4n) is 0.746. The van der Waals surface area contributed by atoms with Crippen molar-refractivity contribution in [2.45, 2.75) is 0 Å². The Morgan fingerprint density at radius 2 is 2.36 bits per heavy atom. The molecule has 0 aliphatic rings. The highest BCUT2D eigenvalue weighted by Gasteiger charge is 1.99. The lowest BCUT2D eigenvalue weighted by atomic mass is 10.4. The SMILES string of the molecule is O=c1ccoc2ncnnc12. The average molecular weight is 149 g/mol. The minimum Gasteiger partial charge on any atom is -0.445 e. The van der Waals surface area contributed by atoms with E-state index in [1.54, 1.807) is 0 Å². The van der Waals surface area contributed by atoms with E-state index in [9.17, 15) is 4.79 Å². The van der Waals surface area contributed by atoms with Crippen LogP contribution in [0, 0.1) is 0 Å². The molecule has 0 unspecified atom stereocenters. The van der Waals surface area contributed by atoms with Crippen molar-refractivity contribution in [1.82, 2.24) is 15.2 Å². The molecule has 0 aliphatic heterocycles. The van der Waals surface area contributed by atoms with Crippen molar-refractivity contribution in [3.05, 3.63) is 28.9 Å². The molecule has 54 valence electrons. The Kier molecular flexibility index (Phi) is 1.15. The molecule has 0 aliphatic carbocycles. The van der Waals surface area contributed by atoms with Gasteiger partial charge in [-0.3, -0.25) is 4.79 Å². The van der Waals surface area contributed by atoms with Crippen molar-refractivity contribution in [3.8, 4) is 0 Å². The van der Waals surface area contributed by atoms with Gasteiger partial charge in [0.1, 0.15) is 6.33 Å². The van der Waals surface area contributed by atoms with Gasteiger partial charge in [0.2, 0.25) is 5.43 Å². The Morgan fingerprint density at radius 1 is 1.45 bits per heavy atom. The van der Waals surface area contributed by atoms with Crippen LogP contribution in [0.1, 0.15) is 0 Å².